The second-order valence-electron chi connectivity index (χ2n) is 4.73. The molecule has 2 N–H and O–H groups in total. The molecular formula is C15H22N2OS. The Morgan fingerprint density at radius 3 is 2.79 bits per heavy atom. The summed E-state index contributed by atoms with van der Waals surface area (Å²) in [5.41, 5.74) is 7.35. The third-order valence-corrected chi connectivity index (χ3v) is 4.24. The lowest BCUT2D eigenvalue weighted by Gasteiger charge is -2.22. The lowest BCUT2D eigenvalue weighted by molar-refractivity contribution is 0.0378. The Bertz CT molecular complexity index is 473. The minimum atomic E-state index is 0.0282. The predicted octanol–water partition coefficient (Wildman–Crippen LogP) is 3.37. The Balaban J connectivity index is 2.05. The molecule has 0 radical (unpaired) electrons. The zero-order valence-corrected chi connectivity index (χ0v) is 12.5. The van der Waals surface area contributed by atoms with Crippen LogP contribution in [0.25, 0.3) is 10.2 Å². The SMILES string of the molecule is CCCC(OCC)C(N)Cc1nc2ccccc2s1. The molecular weight excluding hydrogens is 256 g/mol. The van der Waals surface area contributed by atoms with Gasteiger partial charge in [-0.15, -0.1) is 11.3 Å². The van der Waals surface area contributed by atoms with Crippen LogP contribution in [-0.4, -0.2) is 23.7 Å². The number of ether oxygens (including phenoxy) is 1. The molecule has 2 aromatic rings. The number of nitrogens with zero attached hydrogens (tertiary/aromatic N) is 1. The Morgan fingerprint density at radius 2 is 2.11 bits per heavy atom. The molecule has 2 atom stereocenters. The highest BCUT2D eigenvalue weighted by Crippen LogP contribution is 2.23. The fourth-order valence-corrected chi connectivity index (χ4v) is 3.30. The van der Waals surface area contributed by atoms with Crippen molar-refractivity contribution in [1.82, 2.24) is 4.98 Å². The van der Waals surface area contributed by atoms with E-state index in [4.69, 9.17) is 10.5 Å². The number of nitrogens with two attached hydrogens (primary N) is 1. The highest BCUT2D eigenvalue weighted by atomic mass is 32.1. The van der Waals surface area contributed by atoms with Gasteiger partial charge in [0.1, 0.15) is 0 Å². The van der Waals surface area contributed by atoms with Gasteiger partial charge in [0.2, 0.25) is 0 Å². The fourth-order valence-electron chi connectivity index (χ4n) is 2.26. The van der Waals surface area contributed by atoms with E-state index < -0.39 is 0 Å². The van der Waals surface area contributed by atoms with Gasteiger partial charge in [-0.2, -0.15) is 0 Å². The summed E-state index contributed by atoms with van der Waals surface area (Å²) < 4.78 is 6.97. The summed E-state index contributed by atoms with van der Waals surface area (Å²) in [6, 6.07) is 8.25. The van der Waals surface area contributed by atoms with Crippen LogP contribution < -0.4 is 5.73 Å². The molecule has 0 aliphatic rings. The summed E-state index contributed by atoms with van der Waals surface area (Å²) >= 11 is 1.73. The molecule has 19 heavy (non-hydrogen) atoms. The zero-order chi connectivity index (χ0) is 13.7. The standard InChI is InChI=1S/C15H22N2OS/c1-3-7-13(18-4-2)11(16)10-15-17-12-8-5-6-9-14(12)19-15/h5-6,8-9,11,13H,3-4,7,10,16H2,1-2H3. The topological polar surface area (TPSA) is 48.1 Å². The molecule has 0 spiro atoms. The van der Waals surface area contributed by atoms with Crippen LogP contribution >= 0.6 is 11.3 Å². The molecule has 0 fully saturated rings. The van der Waals surface area contributed by atoms with E-state index in [1.165, 1.54) is 4.70 Å². The Kier molecular flexibility index (Phi) is 5.31. The summed E-state index contributed by atoms with van der Waals surface area (Å²) in [5, 5.41) is 1.11. The van der Waals surface area contributed by atoms with Gasteiger partial charge >= 0.3 is 0 Å². The maximum absolute atomic E-state index is 6.29. The number of benzene rings is 1. The number of rotatable bonds is 7. The number of para-hydroxylation sites is 1. The van der Waals surface area contributed by atoms with Gasteiger partial charge in [0.15, 0.2) is 0 Å². The van der Waals surface area contributed by atoms with E-state index in [-0.39, 0.29) is 12.1 Å². The quantitative estimate of drug-likeness (QED) is 0.844. The molecule has 104 valence electrons. The molecule has 0 saturated carbocycles. The highest BCUT2D eigenvalue weighted by molar-refractivity contribution is 7.18. The molecule has 1 aromatic heterocycles. The average Bonchev–Trinajstić information content (AvgIpc) is 2.80. The molecule has 0 aliphatic heterocycles. The minimum absolute atomic E-state index is 0.0282. The average molecular weight is 278 g/mol. The molecule has 4 heteroatoms. The van der Waals surface area contributed by atoms with Gasteiger partial charge in [-0.1, -0.05) is 25.5 Å². The van der Waals surface area contributed by atoms with Crippen molar-refractivity contribution in [3.63, 3.8) is 0 Å². The van der Waals surface area contributed by atoms with Gasteiger partial charge in [-0.25, -0.2) is 4.98 Å². The van der Waals surface area contributed by atoms with Gasteiger partial charge in [0.25, 0.3) is 0 Å². The van der Waals surface area contributed by atoms with Gasteiger partial charge in [0.05, 0.1) is 21.3 Å². The first-order valence-corrected chi connectivity index (χ1v) is 7.77. The molecule has 0 aliphatic carbocycles. The first-order chi connectivity index (χ1) is 9.24. The van der Waals surface area contributed by atoms with Gasteiger partial charge in [0, 0.05) is 19.1 Å². The van der Waals surface area contributed by atoms with Gasteiger partial charge in [-0.3, -0.25) is 0 Å². The van der Waals surface area contributed by atoms with Crippen LogP contribution in [-0.2, 0) is 11.2 Å². The molecule has 0 saturated heterocycles. The number of fused-ring (bicyclic) bond motifs is 1. The maximum atomic E-state index is 6.29. The van der Waals surface area contributed by atoms with Crippen LogP contribution in [0.3, 0.4) is 0 Å². The smallest absolute Gasteiger partial charge is 0.0955 e. The second-order valence-corrected chi connectivity index (χ2v) is 5.84. The van der Waals surface area contributed by atoms with Crippen LogP contribution in [0.1, 0.15) is 31.7 Å². The van der Waals surface area contributed by atoms with E-state index >= 15 is 0 Å². The van der Waals surface area contributed by atoms with E-state index in [1.54, 1.807) is 11.3 Å². The second kappa shape index (κ2) is 6.98. The van der Waals surface area contributed by atoms with Crippen molar-refractivity contribution in [2.45, 2.75) is 45.3 Å². The van der Waals surface area contributed by atoms with Crippen molar-refractivity contribution in [2.24, 2.45) is 5.73 Å². The normalized spacial score (nSPS) is 14.7. The van der Waals surface area contributed by atoms with E-state index in [9.17, 15) is 0 Å². The summed E-state index contributed by atoms with van der Waals surface area (Å²) in [7, 11) is 0. The minimum Gasteiger partial charge on any atom is -0.377 e. The number of aromatic nitrogens is 1. The molecule has 3 nitrogen and oxygen atoms in total. The van der Waals surface area contributed by atoms with Gasteiger partial charge < -0.3 is 10.5 Å². The Morgan fingerprint density at radius 1 is 1.32 bits per heavy atom. The van der Waals surface area contributed by atoms with Crippen molar-refractivity contribution in [3.8, 4) is 0 Å². The van der Waals surface area contributed by atoms with Crippen LogP contribution in [0.4, 0.5) is 0 Å². The number of hydrogen-bond donors (Lipinski definition) is 1. The molecule has 1 heterocycles. The van der Waals surface area contributed by atoms with Crippen molar-refractivity contribution in [1.29, 1.82) is 0 Å². The third kappa shape index (κ3) is 3.75. The molecule has 0 bridgehead atoms. The number of hydrogen-bond acceptors (Lipinski definition) is 4. The summed E-state index contributed by atoms with van der Waals surface area (Å²) in [4.78, 5) is 4.64. The monoisotopic (exact) mass is 278 g/mol. The van der Waals surface area contributed by atoms with Crippen molar-refractivity contribution < 1.29 is 4.74 Å². The zero-order valence-electron chi connectivity index (χ0n) is 11.6. The first kappa shape index (κ1) is 14.4. The van der Waals surface area contributed by atoms with E-state index in [1.807, 2.05) is 25.1 Å². The van der Waals surface area contributed by atoms with Crippen LogP contribution in [0.2, 0.25) is 0 Å². The molecule has 1 aromatic carbocycles. The van der Waals surface area contributed by atoms with Gasteiger partial charge in [-0.05, 0) is 25.5 Å². The number of thiazole rings is 1. The van der Waals surface area contributed by atoms with Crippen molar-refractivity contribution in [2.75, 3.05) is 6.61 Å². The van der Waals surface area contributed by atoms with Crippen LogP contribution in [0.15, 0.2) is 24.3 Å². The van der Waals surface area contributed by atoms with E-state index in [2.05, 4.69) is 18.0 Å². The fraction of sp³-hybridized carbons (Fsp3) is 0.533. The maximum Gasteiger partial charge on any atom is 0.0955 e. The lowest BCUT2D eigenvalue weighted by Crippen LogP contribution is -2.38. The largest absolute Gasteiger partial charge is 0.377 e. The Labute approximate surface area is 118 Å². The van der Waals surface area contributed by atoms with Crippen molar-refractivity contribution in [3.05, 3.63) is 29.3 Å². The predicted molar refractivity (Wildman–Crippen MR) is 81.6 cm³/mol. The van der Waals surface area contributed by atoms with E-state index in [0.29, 0.717) is 0 Å². The van der Waals surface area contributed by atoms with Crippen LogP contribution in [0.5, 0.6) is 0 Å². The van der Waals surface area contributed by atoms with Crippen molar-refractivity contribution >= 4 is 21.6 Å². The molecule has 0 amide bonds. The summed E-state index contributed by atoms with van der Waals surface area (Å²) in [6.45, 7) is 4.90. The van der Waals surface area contributed by atoms with E-state index in [0.717, 1.165) is 36.4 Å². The first-order valence-electron chi connectivity index (χ1n) is 6.96. The van der Waals surface area contributed by atoms with Crippen LogP contribution in [0, 0.1) is 0 Å². The third-order valence-electron chi connectivity index (χ3n) is 3.18. The lowest BCUT2D eigenvalue weighted by atomic mass is 10.0. The Hall–Kier alpha value is -0.970. The molecule has 2 unspecified atom stereocenters. The summed E-state index contributed by atoms with van der Waals surface area (Å²) in [6.07, 6.45) is 3.05. The highest BCUT2D eigenvalue weighted by Gasteiger charge is 2.19. The summed E-state index contributed by atoms with van der Waals surface area (Å²) in [5.74, 6) is 0. The molecule has 2 rings (SSSR count).